The van der Waals surface area contributed by atoms with Gasteiger partial charge in [0.05, 0.1) is 0 Å². The lowest BCUT2D eigenvalue weighted by atomic mass is 9.87. The molecule has 3 unspecified atom stereocenters. The molecule has 0 radical (unpaired) electrons. The van der Waals surface area contributed by atoms with Gasteiger partial charge in [-0.05, 0) is 50.5 Å². The number of alkyl halides is 1. The van der Waals surface area contributed by atoms with Crippen molar-refractivity contribution in [3.8, 4) is 0 Å². The summed E-state index contributed by atoms with van der Waals surface area (Å²) < 4.78 is 0. The minimum atomic E-state index is 0.464. The molecular formula is C13H24ClN. The van der Waals surface area contributed by atoms with Crippen molar-refractivity contribution in [1.29, 1.82) is 0 Å². The second-order valence-corrected chi connectivity index (χ2v) is 6.25. The summed E-state index contributed by atoms with van der Waals surface area (Å²) in [6.45, 7) is 6.35. The van der Waals surface area contributed by atoms with Crippen LogP contribution in [0.5, 0.6) is 0 Å². The molecule has 88 valence electrons. The predicted octanol–water partition coefficient (Wildman–Crippen LogP) is 3.52. The fraction of sp³-hybridized carbons (Fsp3) is 1.00. The summed E-state index contributed by atoms with van der Waals surface area (Å²) >= 11 is 6.24. The highest BCUT2D eigenvalue weighted by Crippen LogP contribution is 2.29. The van der Waals surface area contributed by atoms with Crippen LogP contribution in [-0.2, 0) is 0 Å². The van der Waals surface area contributed by atoms with Gasteiger partial charge in [-0.3, -0.25) is 0 Å². The van der Waals surface area contributed by atoms with Crippen LogP contribution in [0.4, 0.5) is 0 Å². The zero-order valence-electron chi connectivity index (χ0n) is 9.92. The molecule has 0 spiro atoms. The van der Waals surface area contributed by atoms with E-state index >= 15 is 0 Å². The Morgan fingerprint density at radius 1 is 1.20 bits per heavy atom. The molecule has 0 amide bonds. The summed E-state index contributed by atoms with van der Waals surface area (Å²) in [5.74, 6) is 1.79. The maximum atomic E-state index is 6.24. The molecule has 2 rings (SSSR count). The van der Waals surface area contributed by atoms with E-state index in [1.54, 1.807) is 0 Å². The molecule has 3 atom stereocenters. The van der Waals surface area contributed by atoms with Gasteiger partial charge in [0, 0.05) is 18.5 Å². The summed E-state index contributed by atoms with van der Waals surface area (Å²) in [7, 11) is 0. The quantitative estimate of drug-likeness (QED) is 0.655. The third kappa shape index (κ3) is 3.64. The molecule has 1 saturated carbocycles. The van der Waals surface area contributed by atoms with Gasteiger partial charge in [-0.15, -0.1) is 11.6 Å². The average molecular weight is 230 g/mol. The zero-order valence-corrected chi connectivity index (χ0v) is 10.7. The summed E-state index contributed by atoms with van der Waals surface area (Å²) in [6, 6.07) is 0. The van der Waals surface area contributed by atoms with Crippen molar-refractivity contribution in [3.63, 3.8) is 0 Å². The van der Waals surface area contributed by atoms with Gasteiger partial charge in [0.1, 0.15) is 0 Å². The molecule has 0 bridgehead atoms. The van der Waals surface area contributed by atoms with Crippen molar-refractivity contribution in [3.05, 3.63) is 0 Å². The minimum absolute atomic E-state index is 0.464. The van der Waals surface area contributed by atoms with E-state index in [1.807, 2.05) is 0 Å². The molecule has 1 aliphatic carbocycles. The van der Waals surface area contributed by atoms with Crippen LogP contribution >= 0.6 is 11.6 Å². The molecule has 1 aliphatic heterocycles. The van der Waals surface area contributed by atoms with Crippen molar-refractivity contribution < 1.29 is 0 Å². The molecule has 2 heteroatoms. The Morgan fingerprint density at radius 3 is 2.80 bits per heavy atom. The minimum Gasteiger partial charge on any atom is -0.303 e. The van der Waals surface area contributed by atoms with Crippen molar-refractivity contribution >= 4 is 11.6 Å². The van der Waals surface area contributed by atoms with Crippen LogP contribution in [0.15, 0.2) is 0 Å². The van der Waals surface area contributed by atoms with Gasteiger partial charge < -0.3 is 4.90 Å². The van der Waals surface area contributed by atoms with Crippen LogP contribution in [-0.4, -0.2) is 29.9 Å². The highest BCUT2D eigenvalue weighted by atomic mass is 35.5. The lowest BCUT2D eigenvalue weighted by Crippen LogP contribution is -2.38. The molecule has 0 aromatic carbocycles. The predicted molar refractivity (Wildman–Crippen MR) is 66.4 cm³/mol. The molecule has 1 heterocycles. The van der Waals surface area contributed by atoms with E-state index in [0.29, 0.717) is 5.38 Å². The normalized spacial score (nSPS) is 39.2. The number of piperidine rings is 1. The first-order valence-corrected chi connectivity index (χ1v) is 7.04. The van der Waals surface area contributed by atoms with E-state index in [-0.39, 0.29) is 0 Å². The number of likely N-dealkylation sites (tertiary alicyclic amines) is 1. The third-order valence-corrected chi connectivity index (χ3v) is 4.37. The van der Waals surface area contributed by atoms with Crippen LogP contribution in [0.2, 0.25) is 0 Å². The van der Waals surface area contributed by atoms with Gasteiger partial charge in [-0.1, -0.05) is 13.3 Å². The summed E-state index contributed by atoms with van der Waals surface area (Å²) in [5.41, 5.74) is 0. The van der Waals surface area contributed by atoms with Gasteiger partial charge in [0.25, 0.3) is 0 Å². The van der Waals surface area contributed by atoms with Crippen LogP contribution in [0.25, 0.3) is 0 Å². The lowest BCUT2D eigenvalue weighted by Gasteiger charge is -2.35. The van der Waals surface area contributed by atoms with E-state index in [4.69, 9.17) is 11.6 Å². The van der Waals surface area contributed by atoms with Crippen molar-refractivity contribution in [1.82, 2.24) is 4.90 Å². The SMILES string of the molecule is CC1CCCN(CC2CCCC(Cl)C2)C1. The fourth-order valence-corrected chi connectivity index (χ4v) is 3.62. The van der Waals surface area contributed by atoms with E-state index in [0.717, 1.165) is 11.8 Å². The summed E-state index contributed by atoms with van der Waals surface area (Å²) in [6.07, 6.45) is 8.09. The first-order chi connectivity index (χ1) is 7.24. The van der Waals surface area contributed by atoms with Crippen LogP contribution < -0.4 is 0 Å². The second kappa shape index (κ2) is 5.54. The van der Waals surface area contributed by atoms with Gasteiger partial charge in [0.2, 0.25) is 0 Å². The Labute approximate surface area is 99.2 Å². The van der Waals surface area contributed by atoms with E-state index in [1.165, 1.54) is 58.2 Å². The van der Waals surface area contributed by atoms with Gasteiger partial charge >= 0.3 is 0 Å². The maximum Gasteiger partial charge on any atom is 0.0339 e. The first kappa shape index (κ1) is 11.7. The number of hydrogen-bond acceptors (Lipinski definition) is 1. The molecule has 1 nitrogen and oxygen atoms in total. The van der Waals surface area contributed by atoms with Crippen molar-refractivity contribution in [2.75, 3.05) is 19.6 Å². The van der Waals surface area contributed by atoms with E-state index in [2.05, 4.69) is 11.8 Å². The van der Waals surface area contributed by atoms with Gasteiger partial charge in [0.15, 0.2) is 0 Å². The standard InChI is InChI=1S/C13H24ClN/c1-11-4-3-7-15(9-11)10-12-5-2-6-13(14)8-12/h11-13H,2-10H2,1H3. The monoisotopic (exact) mass is 229 g/mol. The number of hydrogen-bond donors (Lipinski definition) is 0. The largest absolute Gasteiger partial charge is 0.303 e. The molecule has 2 aliphatic rings. The van der Waals surface area contributed by atoms with Crippen LogP contribution in [0.3, 0.4) is 0 Å². The van der Waals surface area contributed by atoms with Crippen LogP contribution in [0, 0.1) is 11.8 Å². The summed E-state index contributed by atoms with van der Waals surface area (Å²) in [4.78, 5) is 2.67. The number of halogens is 1. The molecule has 2 fully saturated rings. The second-order valence-electron chi connectivity index (χ2n) is 5.64. The summed E-state index contributed by atoms with van der Waals surface area (Å²) in [5, 5.41) is 0.464. The van der Waals surface area contributed by atoms with Gasteiger partial charge in [-0.25, -0.2) is 0 Å². The topological polar surface area (TPSA) is 3.24 Å². The Bertz CT molecular complexity index is 175. The average Bonchev–Trinajstić information content (AvgIpc) is 2.17. The Morgan fingerprint density at radius 2 is 2.07 bits per heavy atom. The highest BCUT2D eigenvalue weighted by molar-refractivity contribution is 6.20. The first-order valence-electron chi connectivity index (χ1n) is 6.60. The molecule has 1 saturated heterocycles. The Balaban J connectivity index is 1.75. The molecule has 0 aromatic rings. The number of nitrogens with zero attached hydrogens (tertiary/aromatic N) is 1. The van der Waals surface area contributed by atoms with Crippen molar-refractivity contribution in [2.45, 2.75) is 50.8 Å². The fourth-order valence-electron chi connectivity index (χ4n) is 3.21. The van der Waals surface area contributed by atoms with E-state index < -0.39 is 0 Å². The van der Waals surface area contributed by atoms with E-state index in [9.17, 15) is 0 Å². The van der Waals surface area contributed by atoms with Gasteiger partial charge in [-0.2, -0.15) is 0 Å². The zero-order chi connectivity index (χ0) is 10.7. The Kier molecular flexibility index (Phi) is 4.33. The molecular weight excluding hydrogens is 206 g/mol. The lowest BCUT2D eigenvalue weighted by molar-refractivity contribution is 0.145. The molecule has 15 heavy (non-hydrogen) atoms. The third-order valence-electron chi connectivity index (χ3n) is 3.98. The maximum absolute atomic E-state index is 6.24. The smallest absolute Gasteiger partial charge is 0.0339 e. The van der Waals surface area contributed by atoms with Crippen molar-refractivity contribution in [2.24, 2.45) is 11.8 Å². The van der Waals surface area contributed by atoms with Crippen LogP contribution in [0.1, 0.15) is 45.4 Å². The number of rotatable bonds is 2. The Hall–Kier alpha value is 0.250. The highest BCUT2D eigenvalue weighted by Gasteiger charge is 2.24. The molecule has 0 N–H and O–H groups in total. The molecule has 0 aromatic heterocycles.